The van der Waals surface area contributed by atoms with Crippen molar-refractivity contribution in [3.05, 3.63) is 45.6 Å². The maximum Gasteiger partial charge on any atom is 0.232 e. The van der Waals surface area contributed by atoms with Crippen LogP contribution in [0.2, 0.25) is 5.28 Å². The number of halogens is 1. The highest BCUT2D eigenvalue weighted by atomic mass is 35.5. The van der Waals surface area contributed by atoms with E-state index in [9.17, 15) is 0 Å². The summed E-state index contributed by atoms with van der Waals surface area (Å²) >= 11 is 7.55. The lowest BCUT2D eigenvalue weighted by Crippen LogP contribution is -1.93. The molecular formula is C15H13ClN2OS. The molecule has 0 aliphatic carbocycles. The van der Waals surface area contributed by atoms with Crippen LogP contribution >= 0.6 is 22.9 Å². The van der Waals surface area contributed by atoms with Gasteiger partial charge in [0.1, 0.15) is 10.6 Å². The van der Waals surface area contributed by atoms with Gasteiger partial charge in [0.15, 0.2) is 0 Å². The van der Waals surface area contributed by atoms with Gasteiger partial charge in [-0.05, 0) is 50.1 Å². The molecule has 0 aliphatic heterocycles. The molecule has 20 heavy (non-hydrogen) atoms. The van der Waals surface area contributed by atoms with E-state index >= 15 is 0 Å². The minimum absolute atomic E-state index is 0.208. The summed E-state index contributed by atoms with van der Waals surface area (Å²) in [5, 5.41) is 1.11. The Morgan fingerprint density at radius 1 is 1.10 bits per heavy atom. The number of benzene rings is 1. The van der Waals surface area contributed by atoms with E-state index in [1.807, 2.05) is 32.0 Å². The summed E-state index contributed by atoms with van der Waals surface area (Å²) in [5.41, 5.74) is 2.27. The third kappa shape index (κ3) is 2.49. The van der Waals surface area contributed by atoms with Crippen molar-refractivity contribution in [2.24, 2.45) is 0 Å². The molecule has 0 amide bonds. The zero-order valence-corrected chi connectivity index (χ0v) is 13.0. The molecule has 3 rings (SSSR count). The average molecular weight is 305 g/mol. The monoisotopic (exact) mass is 304 g/mol. The molecule has 0 N–H and O–H groups in total. The third-order valence-corrected chi connectivity index (χ3v) is 4.10. The van der Waals surface area contributed by atoms with Crippen molar-refractivity contribution in [3.8, 4) is 11.6 Å². The number of aryl methyl sites for hydroxylation is 3. The predicted molar refractivity (Wildman–Crippen MR) is 83.2 cm³/mol. The van der Waals surface area contributed by atoms with Gasteiger partial charge in [-0.15, -0.1) is 11.3 Å². The van der Waals surface area contributed by atoms with Crippen LogP contribution in [0.3, 0.4) is 0 Å². The number of ether oxygens (including phenoxy) is 1. The Morgan fingerprint density at radius 3 is 2.65 bits per heavy atom. The van der Waals surface area contributed by atoms with Crippen molar-refractivity contribution in [2.45, 2.75) is 20.8 Å². The van der Waals surface area contributed by atoms with E-state index in [1.54, 1.807) is 11.3 Å². The van der Waals surface area contributed by atoms with Gasteiger partial charge >= 0.3 is 0 Å². The van der Waals surface area contributed by atoms with Crippen LogP contribution in [0.5, 0.6) is 11.6 Å². The molecule has 0 atom stereocenters. The van der Waals surface area contributed by atoms with E-state index in [1.165, 1.54) is 5.56 Å². The molecular weight excluding hydrogens is 292 g/mol. The van der Waals surface area contributed by atoms with Gasteiger partial charge in [-0.3, -0.25) is 0 Å². The largest absolute Gasteiger partial charge is 0.438 e. The summed E-state index contributed by atoms with van der Waals surface area (Å²) < 4.78 is 5.94. The Hall–Kier alpha value is -1.65. The molecule has 2 aromatic heterocycles. The van der Waals surface area contributed by atoms with Gasteiger partial charge in [-0.1, -0.05) is 17.7 Å². The number of nitrogens with zero attached hydrogens (tertiary/aromatic N) is 2. The Bertz CT molecular complexity index is 798. The SMILES string of the molecule is Cc1ccc(Oc2nc(Cl)nc3sc(C)cc23)c(C)c1. The molecule has 3 nitrogen and oxygen atoms in total. The highest BCUT2D eigenvalue weighted by Crippen LogP contribution is 2.34. The smallest absolute Gasteiger partial charge is 0.232 e. The zero-order valence-electron chi connectivity index (χ0n) is 11.4. The summed E-state index contributed by atoms with van der Waals surface area (Å²) in [5.74, 6) is 1.30. The fourth-order valence-corrected chi connectivity index (χ4v) is 3.17. The molecule has 0 fully saturated rings. The fourth-order valence-electron chi connectivity index (χ4n) is 2.09. The summed E-state index contributed by atoms with van der Waals surface area (Å²) in [7, 11) is 0. The first kappa shape index (κ1) is 13.3. The molecule has 0 saturated heterocycles. The van der Waals surface area contributed by atoms with Crippen LogP contribution < -0.4 is 4.74 Å². The molecule has 0 saturated carbocycles. The maximum absolute atomic E-state index is 5.97. The predicted octanol–water partition coefficient (Wildman–Crippen LogP) is 5.06. The summed E-state index contributed by atoms with van der Waals surface area (Å²) in [6, 6.07) is 8.07. The highest BCUT2D eigenvalue weighted by Gasteiger charge is 2.12. The van der Waals surface area contributed by atoms with Crippen molar-refractivity contribution >= 4 is 33.2 Å². The second-order valence-electron chi connectivity index (χ2n) is 4.74. The van der Waals surface area contributed by atoms with Crippen LogP contribution in [0.25, 0.3) is 10.2 Å². The van der Waals surface area contributed by atoms with Crippen LogP contribution in [0.15, 0.2) is 24.3 Å². The highest BCUT2D eigenvalue weighted by molar-refractivity contribution is 7.18. The Kier molecular flexibility index (Phi) is 3.36. The van der Waals surface area contributed by atoms with Gasteiger partial charge in [-0.2, -0.15) is 4.98 Å². The molecule has 3 aromatic rings. The Labute approximate surface area is 126 Å². The van der Waals surface area contributed by atoms with E-state index in [0.29, 0.717) is 5.88 Å². The molecule has 5 heteroatoms. The van der Waals surface area contributed by atoms with Gasteiger partial charge in [0.2, 0.25) is 11.2 Å². The van der Waals surface area contributed by atoms with Gasteiger partial charge in [0.25, 0.3) is 0 Å². The Morgan fingerprint density at radius 2 is 1.90 bits per heavy atom. The number of thiophene rings is 1. The number of hydrogen-bond donors (Lipinski definition) is 0. The molecule has 0 spiro atoms. The fraction of sp³-hybridized carbons (Fsp3) is 0.200. The Balaban J connectivity index is 2.10. The summed E-state index contributed by atoms with van der Waals surface area (Å²) in [6.45, 7) is 6.10. The van der Waals surface area contributed by atoms with Gasteiger partial charge < -0.3 is 4.74 Å². The van der Waals surface area contributed by atoms with E-state index in [4.69, 9.17) is 16.3 Å². The first-order valence-corrected chi connectivity index (χ1v) is 7.41. The lowest BCUT2D eigenvalue weighted by Gasteiger charge is -2.09. The standard InChI is InChI=1S/C15H13ClN2OS/c1-8-4-5-12(9(2)6-8)19-13-11-7-10(3)20-14(11)18-15(16)17-13/h4-7H,1-3H3. The minimum Gasteiger partial charge on any atom is -0.438 e. The topological polar surface area (TPSA) is 35.0 Å². The molecule has 0 unspecified atom stereocenters. The van der Waals surface area contributed by atoms with E-state index in [-0.39, 0.29) is 5.28 Å². The number of hydrogen-bond acceptors (Lipinski definition) is 4. The number of fused-ring (bicyclic) bond motifs is 1. The molecule has 0 bridgehead atoms. The molecule has 2 heterocycles. The lowest BCUT2D eigenvalue weighted by molar-refractivity contribution is 0.465. The van der Waals surface area contributed by atoms with Crippen molar-refractivity contribution in [3.63, 3.8) is 0 Å². The lowest BCUT2D eigenvalue weighted by atomic mass is 10.1. The van der Waals surface area contributed by atoms with Gasteiger partial charge in [0, 0.05) is 4.88 Å². The van der Waals surface area contributed by atoms with Crippen LogP contribution in [-0.2, 0) is 0 Å². The molecule has 0 radical (unpaired) electrons. The number of aromatic nitrogens is 2. The van der Waals surface area contributed by atoms with E-state index < -0.39 is 0 Å². The van der Waals surface area contributed by atoms with Crippen LogP contribution in [0.4, 0.5) is 0 Å². The average Bonchev–Trinajstić information content (AvgIpc) is 2.73. The van der Waals surface area contributed by atoms with Crippen LogP contribution in [0.1, 0.15) is 16.0 Å². The van der Waals surface area contributed by atoms with Crippen molar-refractivity contribution in [1.29, 1.82) is 0 Å². The van der Waals surface area contributed by atoms with Crippen molar-refractivity contribution in [2.75, 3.05) is 0 Å². The third-order valence-electron chi connectivity index (χ3n) is 2.99. The first-order valence-electron chi connectivity index (χ1n) is 6.22. The van der Waals surface area contributed by atoms with Gasteiger partial charge in [0.05, 0.1) is 5.39 Å². The van der Waals surface area contributed by atoms with Gasteiger partial charge in [-0.25, -0.2) is 4.98 Å². The summed E-state index contributed by atoms with van der Waals surface area (Å²) in [6.07, 6.45) is 0. The van der Waals surface area contributed by atoms with E-state index in [0.717, 1.165) is 26.4 Å². The first-order chi connectivity index (χ1) is 9.52. The quantitative estimate of drug-likeness (QED) is 0.620. The second-order valence-corrected chi connectivity index (χ2v) is 6.32. The van der Waals surface area contributed by atoms with Crippen LogP contribution in [0, 0.1) is 20.8 Å². The maximum atomic E-state index is 5.97. The summed E-state index contributed by atoms with van der Waals surface area (Å²) in [4.78, 5) is 10.4. The minimum atomic E-state index is 0.208. The molecule has 1 aromatic carbocycles. The normalized spacial score (nSPS) is 11.0. The second kappa shape index (κ2) is 5.04. The van der Waals surface area contributed by atoms with Crippen molar-refractivity contribution < 1.29 is 4.74 Å². The van der Waals surface area contributed by atoms with Crippen LogP contribution in [-0.4, -0.2) is 9.97 Å². The van der Waals surface area contributed by atoms with E-state index in [2.05, 4.69) is 23.0 Å². The van der Waals surface area contributed by atoms with Crippen molar-refractivity contribution in [1.82, 2.24) is 9.97 Å². The zero-order chi connectivity index (χ0) is 14.3. The number of rotatable bonds is 2. The molecule has 102 valence electrons. The molecule has 0 aliphatic rings.